The molecule has 0 aliphatic carbocycles. The lowest BCUT2D eigenvalue weighted by molar-refractivity contribution is 0.0215. The van der Waals surface area contributed by atoms with Gasteiger partial charge in [0.25, 0.3) is 0 Å². The Hall–Kier alpha value is -0.770. The summed E-state index contributed by atoms with van der Waals surface area (Å²) in [6.45, 7) is 8.70. The Morgan fingerprint density at radius 2 is 2.18 bits per heavy atom. The van der Waals surface area contributed by atoms with Crippen molar-refractivity contribution in [1.82, 2.24) is 10.2 Å². The molecule has 1 N–H and O–H groups in total. The van der Waals surface area contributed by atoms with E-state index in [0.717, 1.165) is 25.8 Å². The standard InChI is InChI=1S/C13H26N2O2/c1-10(14-5)9-11-7-6-8-15(11)12(16)17-13(2,3)4/h10-11,14H,6-9H2,1-5H3. The SMILES string of the molecule is CNC(C)CC1CCCN1C(=O)OC(C)(C)C. The first-order chi connectivity index (χ1) is 7.83. The first-order valence-corrected chi connectivity index (χ1v) is 6.50. The first kappa shape index (κ1) is 14.3. The van der Waals surface area contributed by atoms with Crippen molar-refractivity contribution >= 4 is 6.09 Å². The van der Waals surface area contributed by atoms with E-state index in [1.807, 2.05) is 32.7 Å². The van der Waals surface area contributed by atoms with Crippen molar-refractivity contribution in [1.29, 1.82) is 0 Å². The van der Waals surface area contributed by atoms with E-state index in [-0.39, 0.29) is 6.09 Å². The zero-order valence-corrected chi connectivity index (χ0v) is 11.7. The number of hydrogen-bond acceptors (Lipinski definition) is 3. The molecule has 0 saturated carbocycles. The van der Waals surface area contributed by atoms with Gasteiger partial charge in [-0.25, -0.2) is 4.79 Å². The maximum absolute atomic E-state index is 12.0. The van der Waals surface area contributed by atoms with E-state index in [2.05, 4.69) is 12.2 Å². The number of hydrogen-bond donors (Lipinski definition) is 1. The van der Waals surface area contributed by atoms with Gasteiger partial charge < -0.3 is 15.0 Å². The fourth-order valence-corrected chi connectivity index (χ4v) is 2.17. The van der Waals surface area contributed by atoms with Crippen molar-refractivity contribution in [3.05, 3.63) is 0 Å². The van der Waals surface area contributed by atoms with Crippen LogP contribution in [0, 0.1) is 0 Å². The molecule has 0 aromatic carbocycles. The highest BCUT2D eigenvalue weighted by molar-refractivity contribution is 5.68. The molecule has 0 aromatic rings. The molecular formula is C13H26N2O2. The van der Waals surface area contributed by atoms with Gasteiger partial charge >= 0.3 is 6.09 Å². The highest BCUT2D eigenvalue weighted by Crippen LogP contribution is 2.23. The Labute approximate surface area is 105 Å². The van der Waals surface area contributed by atoms with Crippen molar-refractivity contribution in [2.75, 3.05) is 13.6 Å². The van der Waals surface area contributed by atoms with Gasteiger partial charge in [0.05, 0.1) is 0 Å². The lowest BCUT2D eigenvalue weighted by Gasteiger charge is -2.29. The van der Waals surface area contributed by atoms with E-state index in [1.165, 1.54) is 0 Å². The average molecular weight is 242 g/mol. The van der Waals surface area contributed by atoms with Gasteiger partial charge in [-0.2, -0.15) is 0 Å². The van der Waals surface area contributed by atoms with Crippen molar-refractivity contribution in [2.24, 2.45) is 0 Å². The summed E-state index contributed by atoms with van der Waals surface area (Å²) in [5.41, 5.74) is -0.404. The summed E-state index contributed by atoms with van der Waals surface area (Å²) >= 11 is 0. The second-order valence-electron chi connectivity index (χ2n) is 5.90. The van der Waals surface area contributed by atoms with Crippen LogP contribution in [-0.4, -0.2) is 42.3 Å². The zero-order valence-electron chi connectivity index (χ0n) is 11.7. The van der Waals surface area contributed by atoms with Crippen LogP contribution in [0.5, 0.6) is 0 Å². The number of rotatable bonds is 3. The summed E-state index contributed by atoms with van der Waals surface area (Å²) in [5.74, 6) is 0. The van der Waals surface area contributed by atoms with Gasteiger partial charge in [0.15, 0.2) is 0 Å². The molecule has 1 fully saturated rings. The Bertz CT molecular complexity index is 261. The molecule has 100 valence electrons. The topological polar surface area (TPSA) is 41.6 Å². The predicted octanol–water partition coefficient (Wildman–Crippen LogP) is 2.38. The van der Waals surface area contributed by atoms with Gasteiger partial charge in [0.1, 0.15) is 5.60 Å². The van der Waals surface area contributed by atoms with Gasteiger partial charge in [-0.3, -0.25) is 0 Å². The lowest BCUT2D eigenvalue weighted by atomic mass is 10.1. The molecule has 17 heavy (non-hydrogen) atoms. The molecule has 1 amide bonds. The summed E-state index contributed by atoms with van der Waals surface area (Å²) in [4.78, 5) is 13.9. The molecule has 0 radical (unpaired) electrons. The molecule has 1 rings (SSSR count). The maximum Gasteiger partial charge on any atom is 0.410 e. The number of carbonyl (C=O) groups is 1. The number of carbonyl (C=O) groups excluding carboxylic acids is 1. The average Bonchev–Trinajstić information content (AvgIpc) is 2.63. The van der Waals surface area contributed by atoms with Crippen LogP contribution in [0.4, 0.5) is 4.79 Å². The molecule has 1 aliphatic heterocycles. The lowest BCUT2D eigenvalue weighted by Crippen LogP contribution is -2.42. The van der Waals surface area contributed by atoms with Crippen LogP contribution >= 0.6 is 0 Å². The van der Waals surface area contributed by atoms with E-state index in [9.17, 15) is 4.79 Å². The fraction of sp³-hybridized carbons (Fsp3) is 0.923. The summed E-state index contributed by atoms with van der Waals surface area (Å²) in [7, 11) is 1.96. The third kappa shape index (κ3) is 4.54. The van der Waals surface area contributed by atoms with E-state index in [1.54, 1.807) is 0 Å². The zero-order chi connectivity index (χ0) is 13.1. The molecule has 1 saturated heterocycles. The van der Waals surface area contributed by atoms with Gasteiger partial charge in [0.2, 0.25) is 0 Å². The third-order valence-electron chi connectivity index (χ3n) is 3.12. The van der Waals surface area contributed by atoms with E-state index in [4.69, 9.17) is 4.74 Å². The van der Waals surface area contributed by atoms with E-state index < -0.39 is 5.60 Å². The van der Waals surface area contributed by atoms with Crippen LogP contribution in [0.2, 0.25) is 0 Å². The molecule has 0 aromatic heterocycles. The largest absolute Gasteiger partial charge is 0.444 e. The van der Waals surface area contributed by atoms with Gasteiger partial charge in [-0.05, 0) is 54.0 Å². The summed E-state index contributed by atoms with van der Waals surface area (Å²) < 4.78 is 5.43. The molecule has 4 nitrogen and oxygen atoms in total. The minimum Gasteiger partial charge on any atom is -0.444 e. The van der Waals surface area contributed by atoms with Crippen LogP contribution in [-0.2, 0) is 4.74 Å². The molecule has 2 unspecified atom stereocenters. The van der Waals surface area contributed by atoms with Crippen molar-refractivity contribution in [3.8, 4) is 0 Å². The second-order valence-corrected chi connectivity index (χ2v) is 5.90. The normalized spacial score (nSPS) is 22.6. The number of ether oxygens (including phenoxy) is 1. The predicted molar refractivity (Wildman–Crippen MR) is 69.1 cm³/mol. The summed E-state index contributed by atoms with van der Waals surface area (Å²) in [5, 5.41) is 3.22. The van der Waals surface area contributed by atoms with Crippen LogP contribution in [0.15, 0.2) is 0 Å². The Morgan fingerprint density at radius 3 is 2.71 bits per heavy atom. The molecule has 2 atom stereocenters. The summed E-state index contributed by atoms with van der Waals surface area (Å²) in [6.07, 6.45) is 3.00. The number of nitrogens with one attached hydrogen (secondary N) is 1. The van der Waals surface area contributed by atoms with Gasteiger partial charge in [-0.15, -0.1) is 0 Å². The van der Waals surface area contributed by atoms with E-state index >= 15 is 0 Å². The quantitative estimate of drug-likeness (QED) is 0.826. The van der Waals surface area contributed by atoms with Crippen LogP contribution < -0.4 is 5.32 Å². The van der Waals surface area contributed by atoms with Gasteiger partial charge in [-0.1, -0.05) is 0 Å². The molecule has 1 heterocycles. The number of amides is 1. The Balaban J connectivity index is 2.54. The van der Waals surface area contributed by atoms with Crippen LogP contribution in [0.1, 0.15) is 47.0 Å². The molecule has 0 bridgehead atoms. The molecule has 0 spiro atoms. The maximum atomic E-state index is 12.0. The number of likely N-dealkylation sites (tertiary alicyclic amines) is 1. The summed E-state index contributed by atoms with van der Waals surface area (Å²) in [6, 6.07) is 0.760. The third-order valence-corrected chi connectivity index (χ3v) is 3.12. The second kappa shape index (κ2) is 5.71. The van der Waals surface area contributed by atoms with E-state index in [0.29, 0.717) is 12.1 Å². The van der Waals surface area contributed by atoms with Crippen LogP contribution in [0.3, 0.4) is 0 Å². The monoisotopic (exact) mass is 242 g/mol. The molecule has 1 aliphatic rings. The molecular weight excluding hydrogens is 216 g/mol. The number of nitrogens with zero attached hydrogens (tertiary/aromatic N) is 1. The highest BCUT2D eigenvalue weighted by Gasteiger charge is 2.32. The minimum atomic E-state index is -0.404. The Morgan fingerprint density at radius 1 is 1.53 bits per heavy atom. The minimum absolute atomic E-state index is 0.164. The Kier molecular flexibility index (Phi) is 4.80. The first-order valence-electron chi connectivity index (χ1n) is 6.50. The van der Waals surface area contributed by atoms with Gasteiger partial charge in [0, 0.05) is 18.6 Å². The highest BCUT2D eigenvalue weighted by atomic mass is 16.6. The van der Waals surface area contributed by atoms with Crippen molar-refractivity contribution in [2.45, 2.75) is 64.6 Å². The van der Waals surface area contributed by atoms with Crippen LogP contribution in [0.25, 0.3) is 0 Å². The van der Waals surface area contributed by atoms with Crippen molar-refractivity contribution in [3.63, 3.8) is 0 Å². The van der Waals surface area contributed by atoms with Crippen molar-refractivity contribution < 1.29 is 9.53 Å². The smallest absolute Gasteiger partial charge is 0.410 e. The molecule has 4 heteroatoms. The fourth-order valence-electron chi connectivity index (χ4n) is 2.17.